The molecule has 0 radical (unpaired) electrons. The highest BCUT2D eigenvalue weighted by Gasteiger charge is 2.21. The van der Waals surface area contributed by atoms with Crippen molar-refractivity contribution >= 4 is 11.2 Å². The molecular weight excluding hydrogens is 351 g/mol. The number of hydrogen-bond acceptors (Lipinski definition) is 5. The first-order valence-electron chi connectivity index (χ1n) is 8.35. The summed E-state index contributed by atoms with van der Waals surface area (Å²) in [5.74, 6) is 2.27. The van der Waals surface area contributed by atoms with Crippen LogP contribution in [-0.4, -0.2) is 33.7 Å². The number of aromatic nitrogens is 4. The van der Waals surface area contributed by atoms with Gasteiger partial charge in [-0.05, 0) is 23.8 Å². The van der Waals surface area contributed by atoms with E-state index in [1.165, 1.54) is 12.1 Å². The predicted octanol–water partition coefficient (Wildman–Crippen LogP) is 3.35. The standard InChI is InChI=1S/C19H15FN4O3/c1-25-15-7-17-16(26-10-27-17)6-13(15)18-22-14-8-21-24(19(14)23-18)9-11-3-2-4-12(20)5-11/h2-8H,9-10H2,1H3,(H,22,23). The number of aromatic amines is 1. The summed E-state index contributed by atoms with van der Waals surface area (Å²) in [5, 5.41) is 4.34. The topological polar surface area (TPSA) is 74.2 Å². The second-order valence-electron chi connectivity index (χ2n) is 6.16. The Balaban J connectivity index is 1.55. The molecule has 2 aromatic heterocycles. The maximum absolute atomic E-state index is 13.4. The summed E-state index contributed by atoms with van der Waals surface area (Å²) in [7, 11) is 1.59. The van der Waals surface area contributed by atoms with Crippen molar-refractivity contribution in [2.45, 2.75) is 6.54 Å². The monoisotopic (exact) mass is 366 g/mol. The Morgan fingerprint density at radius 2 is 2.07 bits per heavy atom. The lowest BCUT2D eigenvalue weighted by molar-refractivity contribution is 0.174. The van der Waals surface area contributed by atoms with Crippen LogP contribution in [0.5, 0.6) is 17.2 Å². The van der Waals surface area contributed by atoms with Gasteiger partial charge in [0.25, 0.3) is 0 Å². The summed E-state index contributed by atoms with van der Waals surface area (Å²) in [6.45, 7) is 0.606. The Kier molecular flexibility index (Phi) is 3.49. The quantitative estimate of drug-likeness (QED) is 0.600. The number of hydrogen-bond donors (Lipinski definition) is 1. The van der Waals surface area contributed by atoms with Crippen molar-refractivity contribution in [3.63, 3.8) is 0 Å². The van der Waals surface area contributed by atoms with Crippen molar-refractivity contribution in [1.29, 1.82) is 0 Å². The molecule has 2 aromatic carbocycles. The van der Waals surface area contributed by atoms with E-state index in [1.807, 2.05) is 12.1 Å². The first-order chi connectivity index (χ1) is 13.2. The summed E-state index contributed by atoms with van der Waals surface area (Å²) in [6, 6.07) is 10.1. The molecule has 136 valence electrons. The van der Waals surface area contributed by atoms with Crippen molar-refractivity contribution < 1.29 is 18.6 Å². The van der Waals surface area contributed by atoms with Crippen LogP contribution in [0.4, 0.5) is 4.39 Å². The van der Waals surface area contributed by atoms with Gasteiger partial charge in [-0.15, -0.1) is 0 Å². The van der Waals surface area contributed by atoms with Gasteiger partial charge in [0, 0.05) is 6.07 Å². The molecule has 3 heterocycles. The SMILES string of the molecule is COc1cc2c(cc1-c1nc3c(cnn3Cc3cccc(F)c3)[nH]1)OCO2. The summed E-state index contributed by atoms with van der Waals surface area (Å²) >= 11 is 0. The third-order valence-corrected chi connectivity index (χ3v) is 4.45. The van der Waals surface area contributed by atoms with Gasteiger partial charge in [0.15, 0.2) is 17.1 Å². The Hall–Kier alpha value is -3.55. The predicted molar refractivity (Wildman–Crippen MR) is 95.5 cm³/mol. The molecule has 0 fully saturated rings. The molecule has 7 nitrogen and oxygen atoms in total. The molecular formula is C19H15FN4O3. The highest BCUT2D eigenvalue weighted by atomic mass is 19.1. The van der Waals surface area contributed by atoms with Crippen LogP contribution in [0.2, 0.25) is 0 Å². The van der Waals surface area contributed by atoms with Crippen molar-refractivity contribution in [1.82, 2.24) is 19.7 Å². The lowest BCUT2D eigenvalue weighted by Crippen LogP contribution is -2.02. The van der Waals surface area contributed by atoms with E-state index in [1.54, 1.807) is 30.1 Å². The molecule has 0 saturated carbocycles. The van der Waals surface area contributed by atoms with Crippen LogP contribution < -0.4 is 14.2 Å². The zero-order chi connectivity index (χ0) is 18.4. The highest BCUT2D eigenvalue weighted by Crippen LogP contribution is 2.42. The minimum Gasteiger partial charge on any atom is -0.496 e. The second-order valence-corrected chi connectivity index (χ2v) is 6.16. The Morgan fingerprint density at radius 3 is 2.89 bits per heavy atom. The van der Waals surface area contributed by atoms with Crippen LogP contribution in [0, 0.1) is 5.82 Å². The van der Waals surface area contributed by atoms with Crippen LogP contribution in [0.25, 0.3) is 22.6 Å². The maximum Gasteiger partial charge on any atom is 0.231 e. The maximum atomic E-state index is 13.4. The van der Waals surface area contributed by atoms with E-state index in [-0.39, 0.29) is 12.6 Å². The van der Waals surface area contributed by atoms with Gasteiger partial charge >= 0.3 is 0 Å². The summed E-state index contributed by atoms with van der Waals surface area (Å²) < 4.78 is 31.5. The highest BCUT2D eigenvalue weighted by molar-refractivity contribution is 5.79. The first-order valence-corrected chi connectivity index (χ1v) is 8.35. The van der Waals surface area contributed by atoms with Gasteiger partial charge in [-0.3, -0.25) is 0 Å². The largest absolute Gasteiger partial charge is 0.496 e. The summed E-state index contributed by atoms with van der Waals surface area (Å²) in [5.41, 5.74) is 3.02. The number of rotatable bonds is 4. The molecule has 1 aliphatic rings. The molecule has 27 heavy (non-hydrogen) atoms. The van der Waals surface area contributed by atoms with Crippen molar-refractivity contribution in [2.24, 2.45) is 0 Å². The molecule has 0 bridgehead atoms. The van der Waals surface area contributed by atoms with Gasteiger partial charge < -0.3 is 19.2 Å². The smallest absolute Gasteiger partial charge is 0.231 e. The number of benzene rings is 2. The third-order valence-electron chi connectivity index (χ3n) is 4.45. The minimum atomic E-state index is -0.274. The average Bonchev–Trinajstić information content (AvgIpc) is 3.37. The van der Waals surface area contributed by atoms with E-state index in [2.05, 4.69) is 15.1 Å². The molecule has 0 atom stereocenters. The van der Waals surface area contributed by atoms with Crippen LogP contribution in [-0.2, 0) is 6.54 Å². The fourth-order valence-electron chi connectivity index (χ4n) is 3.18. The number of ether oxygens (including phenoxy) is 3. The lowest BCUT2D eigenvalue weighted by atomic mass is 10.1. The van der Waals surface area contributed by atoms with E-state index in [4.69, 9.17) is 14.2 Å². The minimum absolute atomic E-state index is 0.185. The number of nitrogens with one attached hydrogen (secondary N) is 1. The number of imidazole rings is 1. The number of fused-ring (bicyclic) bond motifs is 2. The Morgan fingerprint density at radius 1 is 1.22 bits per heavy atom. The summed E-state index contributed by atoms with van der Waals surface area (Å²) in [6.07, 6.45) is 1.70. The summed E-state index contributed by atoms with van der Waals surface area (Å²) in [4.78, 5) is 7.92. The van der Waals surface area contributed by atoms with E-state index >= 15 is 0 Å². The van der Waals surface area contributed by atoms with Gasteiger partial charge in [0.2, 0.25) is 6.79 Å². The number of nitrogens with zero attached hydrogens (tertiary/aromatic N) is 3. The van der Waals surface area contributed by atoms with Crippen LogP contribution in [0.1, 0.15) is 5.56 Å². The second kappa shape index (κ2) is 6.01. The van der Waals surface area contributed by atoms with E-state index in [0.29, 0.717) is 35.3 Å². The van der Waals surface area contributed by atoms with Gasteiger partial charge in [0.1, 0.15) is 22.9 Å². The van der Waals surface area contributed by atoms with E-state index < -0.39 is 0 Å². The van der Waals surface area contributed by atoms with Gasteiger partial charge in [-0.25, -0.2) is 14.1 Å². The average molecular weight is 366 g/mol. The van der Waals surface area contributed by atoms with Crippen molar-refractivity contribution in [2.75, 3.05) is 13.9 Å². The van der Waals surface area contributed by atoms with Crippen molar-refractivity contribution in [3.8, 4) is 28.6 Å². The molecule has 1 N–H and O–H groups in total. The Bertz CT molecular complexity index is 1150. The molecule has 0 saturated heterocycles. The molecule has 0 spiro atoms. The molecule has 8 heteroatoms. The molecule has 0 aliphatic carbocycles. The number of H-pyrrole nitrogens is 1. The number of halogens is 1. The zero-order valence-corrected chi connectivity index (χ0v) is 14.4. The molecule has 5 rings (SSSR count). The fraction of sp³-hybridized carbons (Fsp3) is 0.158. The molecule has 0 amide bonds. The van der Waals surface area contributed by atoms with E-state index in [9.17, 15) is 4.39 Å². The molecule has 1 aliphatic heterocycles. The molecule has 4 aromatic rings. The van der Waals surface area contributed by atoms with Crippen LogP contribution in [0.15, 0.2) is 42.6 Å². The first kappa shape index (κ1) is 15.7. The fourth-order valence-corrected chi connectivity index (χ4v) is 3.18. The van der Waals surface area contributed by atoms with Crippen LogP contribution in [0.3, 0.4) is 0 Å². The van der Waals surface area contributed by atoms with Gasteiger partial charge in [0.05, 0.1) is 25.4 Å². The van der Waals surface area contributed by atoms with Gasteiger partial charge in [-0.1, -0.05) is 12.1 Å². The molecule has 0 unspecified atom stereocenters. The lowest BCUT2D eigenvalue weighted by Gasteiger charge is -2.07. The van der Waals surface area contributed by atoms with Gasteiger partial charge in [-0.2, -0.15) is 5.10 Å². The Labute approximate surface area is 153 Å². The normalized spacial score (nSPS) is 12.7. The zero-order valence-electron chi connectivity index (χ0n) is 14.4. The van der Waals surface area contributed by atoms with Crippen molar-refractivity contribution in [3.05, 3.63) is 54.0 Å². The number of methoxy groups -OCH3 is 1. The van der Waals surface area contributed by atoms with Crippen LogP contribution >= 0.6 is 0 Å². The third kappa shape index (κ3) is 2.66. The van der Waals surface area contributed by atoms with E-state index in [0.717, 1.165) is 16.6 Å².